The molecule has 0 spiro atoms. The maximum atomic E-state index is 13.9. The fourth-order valence-electron chi connectivity index (χ4n) is 5.00. The van der Waals surface area contributed by atoms with Gasteiger partial charge in [0.25, 0.3) is 5.91 Å². The molecule has 192 valence electrons. The topological polar surface area (TPSA) is 105 Å². The van der Waals surface area contributed by atoms with E-state index in [4.69, 9.17) is 0 Å². The molecular weight excluding hydrogens is 447 g/mol. The van der Waals surface area contributed by atoms with Crippen LogP contribution in [0.4, 0.5) is 10.1 Å². The second-order valence-corrected chi connectivity index (χ2v) is 8.74. The first-order valence-corrected chi connectivity index (χ1v) is 12.3. The van der Waals surface area contributed by atoms with E-state index < -0.39 is 0 Å². The number of carbonyl (C=O) groups is 2. The van der Waals surface area contributed by atoms with Crippen LogP contribution in [-0.4, -0.2) is 69.8 Å². The fourth-order valence-corrected chi connectivity index (χ4v) is 5.00. The van der Waals surface area contributed by atoms with Gasteiger partial charge in [-0.05, 0) is 50.3 Å². The number of benzene rings is 1. The SMILES string of the molecule is CC.CC(=O)N(c1cc(F)ccc1C)C1CCN(C2CCN(C(=O)c3cncnc3)CC2)CC1.N. The van der Waals surface area contributed by atoms with Crippen molar-refractivity contribution in [2.24, 2.45) is 0 Å². The summed E-state index contributed by atoms with van der Waals surface area (Å²) in [4.78, 5) is 39.1. The Bertz CT molecular complexity index is 958. The number of aryl methyl sites for hydroxylation is 1. The van der Waals surface area contributed by atoms with Gasteiger partial charge in [0.05, 0.1) is 5.56 Å². The Morgan fingerprint density at radius 3 is 2.17 bits per heavy atom. The van der Waals surface area contributed by atoms with E-state index in [2.05, 4.69) is 14.9 Å². The van der Waals surface area contributed by atoms with E-state index in [0.29, 0.717) is 17.3 Å². The molecule has 2 saturated heterocycles. The Morgan fingerprint density at radius 1 is 1.00 bits per heavy atom. The van der Waals surface area contributed by atoms with Gasteiger partial charge < -0.3 is 20.9 Å². The zero-order valence-electron chi connectivity index (χ0n) is 21.4. The zero-order valence-corrected chi connectivity index (χ0v) is 21.4. The van der Waals surface area contributed by atoms with Crippen LogP contribution in [0.5, 0.6) is 0 Å². The molecule has 0 unspecified atom stereocenters. The van der Waals surface area contributed by atoms with Crippen LogP contribution in [0.25, 0.3) is 0 Å². The average Bonchev–Trinajstić information content (AvgIpc) is 2.88. The maximum absolute atomic E-state index is 13.9. The Balaban J connectivity index is 0.00000140. The van der Waals surface area contributed by atoms with E-state index >= 15 is 0 Å². The van der Waals surface area contributed by atoms with Gasteiger partial charge in [-0.15, -0.1) is 0 Å². The highest BCUT2D eigenvalue weighted by Crippen LogP contribution is 2.29. The first-order chi connectivity index (χ1) is 16.4. The quantitative estimate of drug-likeness (QED) is 0.693. The molecule has 0 radical (unpaired) electrons. The number of likely N-dealkylation sites (tertiary alicyclic amines) is 2. The van der Waals surface area contributed by atoms with Crippen LogP contribution in [0.3, 0.4) is 0 Å². The summed E-state index contributed by atoms with van der Waals surface area (Å²) >= 11 is 0. The van der Waals surface area contributed by atoms with Gasteiger partial charge in [0.15, 0.2) is 0 Å². The van der Waals surface area contributed by atoms with Crippen LogP contribution >= 0.6 is 0 Å². The summed E-state index contributed by atoms with van der Waals surface area (Å²) < 4.78 is 13.9. The van der Waals surface area contributed by atoms with Gasteiger partial charge in [-0.2, -0.15) is 0 Å². The standard InChI is InChI=1S/C24H30FN5O2.C2H6.H3N/c1-17-3-4-20(25)13-23(17)30(18(2)31)22-7-9-28(10-8-22)21-5-11-29(12-6-21)24(32)19-14-26-16-27-15-19;1-2;/h3-4,13-16,21-22H,5-12H2,1-2H3;1-2H3;1H3. The number of piperidine rings is 2. The molecule has 1 aromatic heterocycles. The molecule has 0 saturated carbocycles. The highest BCUT2D eigenvalue weighted by Gasteiger charge is 2.33. The van der Waals surface area contributed by atoms with Crippen LogP contribution in [0.2, 0.25) is 0 Å². The molecule has 2 amide bonds. The summed E-state index contributed by atoms with van der Waals surface area (Å²) in [6, 6.07) is 5.14. The van der Waals surface area contributed by atoms with Crippen LogP contribution in [0.15, 0.2) is 36.9 Å². The van der Waals surface area contributed by atoms with Gasteiger partial charge in [-0.3, -0.25) is 9.59 Å². The minimum Gasteiger partial charge on any atom is -0.344 e. The molecule has 2 aliphatic rings. The molecule has 9 heteroatoms. The van der Waals surface area contributed by atoms with Crippen LogP contribution in [0.1, 0.15) is 62.4 Å². The molecule has 0 aliphatic carbocycles. The highest BCUT2D eigenvalue weighted by molar-refractivity contribution is 5.94. The number of aromatic nitrogens is 2. The van der Waals surface area contributed by atoms with Crippen molar-refractivity contribution in [2.75, 3.05) is 31.1 Å². The monoisotopic (exact) mass is 486 g/mol. The lowest BCUT2D eigenvalue weighted by Gasteiger charge is -2.44. The summed E-state index contributed by atoms with van der Waals surface area (Å²) in [5, 5.41) is 0. The average molecular weight is 487 g/mol. The van der Waals surface area contributed by atoms with Crippen molar-refractivity contribution < 1.29 is 14.0 Å². The maximum Gasteiger partial charge on any atom is 0.256 e. The van der Waals surface area contributed by atoms with Crippen molar-refractivity contribution in [1.29, 1.82) is 0 Å². The molecule has 2 aromatic rings. The van der Waals surface area contributed by atoms with Crippen molar-refractivity contribution in [3.8, 4) is 0 Å². The number of hydrogen-bond acceptors (Lipinski definition) is 6. The number of amides is 2. The molecular formula is C26H39FN6O2. The van der Waals surface area contributed by atoms with Crippen LogP contribution in [-0.2, 0) is 4.79 Å². The largest absolute Gasteiger partial charge is 0.344 e. The Kier molecular flexibility index (Phi) is 10.7. The highest BCUT2D eigenvalue weighted by atomic mass is 19.1. The summed E-state index contributed by atoms with van der Waals surface area (Å²) in [5.74, 6) is -0.378. The third kappa shape index (κ3) is 6.82. The third-order valence-corrected chi connectivity index (χ3v) is 6.71. The lowest BCUT2D eigenvalue weighted by molar-refractivity contribution is -0.117. The predicted octanol–water partition coefficient (Wildman–Crippen LogP) is 4.23. The summed E-state index contributed by atoms with van der Waals surface area (Å²) in [6.07, 6.45) is 8.13. The Hall–Kier alpha value is -2.91. The molecule has 1 aromatic carbocycles. The first kappa shape index (κ1) is 28.3. The van der Waals surface area contributed by atoms with E-state index in [9.17, 15) is 14.0 Å². The predicted molar refractivity (Wildman–Crippen MR) is 136 cm³/mol. The fraction of sp³-hybridized carbons (Fsp3) is 0.538. The minimum absolute atomic E-state index is 0. The molecule has 2 fully saturated rings. The molecule has 2 aliphatic heterocycles. The number of anilines is 1. The van der Waals surface area contributed by atoms with Crippen molar-refractivity contribution in [2.45, 2.75) is 65.5 Å². The van der Waals surface area contributed by atoms with Gasteiger partial charge >= 0.3 is 0 Å². The lowest BCUT2D eigenvalue weighted by Crippen LogP contribution is -2.52. The van der Waals surface area contributed by atoms with Crippen molar-refractivity contribution >= 4 is 17.5 Å². The Labute approximate surface area is 208 Å². The lowest BCUT2D eigenvalue weighted by atomic mass is 9.96. The number of carbonyl (C=O) groups excluding carboxylic acids is 2. The second-order valence-electron chi connectivity index (χ2n) is 8.74. The molecule has 8 nitrogen and oxygen atoms in total. The summed E-state index contributed by atoms with van der Waals surface area (Å²) in [7, 11) is 0. The van der Waals surface area contributed by atoms with Crippen molar-refractivity contribution in [3.05, 3.63) is 53.9 Å². The molecule has 4 rings (SSSR count). The smallest absolute Gasteiger partial charge is 0.256 e. The van der Waals surface area contributed by atoms with E-state index in [1.807, 2.05) is 25.7 Å². The molecule has 3 N–H and O–H groups in total. The number of rotatable bonds is 4. The zero-order chi connectivity index (χ0) is 24.7. The van der Waals surface area contributed by atoms with Crippen molar-refractivity contribution in [1.82, 2.24) is 25.9 Å². The molecule has 0 bridgehead atoms. The number of nitrogens with zero attached hydrogens (tertiary/aromatic N) is 5. The molecule has 0 atom stereocenters. The van der Waals surface area contributed by atoms with Crippen LogP contribution in [0, 0.1) is 12.7 Å². The van der Waals surface area contributed by atoms with E-state index in [1.54, 1.807) is 30.3 Å². The third-order valence-electron chi connectivity index (χ3n) is 6.71. The van der Waals surface area contributed by atoms with Gasteiger partial charge in [0.1, 0.15) is 12.1 Å². The minimum atomic E-state index is -0.322. The second kappa shape index (κ2) is 13.3. The van der Waals surface area contributed by atoms with Gasteiger partial charge in [0, 0.05) is 63.3 Å². The first-order valence-electron chi connectivity index (χ1n) is 12.3. The van der Waals surface area contributed by atoms with Crippen LogP contribution < -0.4 is 11.1 Å². The van der Waals surface area contributed by atoms with Gasteiger partial charge in [-0.1, -0.05) is 19.9 Å². The number of halogens is 1. The van der Waals surface area contributed by atoms with E-state index in [-0.39, 0.29) is 29.8 Å². The van der Waals surface area contributed by atoms with Gasteiger partial charge in [-0.25, -0.2) is 14.4 Å². The normalized spacial score (nSPS) is 17.1. The summed E-state index contributed by atoms with van der Waals surface area (Å²) in [5.41, 5.74) is 2.11. The number of hydrogen-bond donors (Lipinski definition) is 1. The molecule has 35 heavy (non-hydrogen) atoms. The summed E-state index contributed by atoms with van der Waals surface area (Å²) in [6.45, 7) is 10.7. The van der Waals surface area contributed by atoms with Crippen molar-refractivity contribution in [3.63, 3.8) is 0 Å². The Morgan fingerprint density at radius 2 is 1.60 bits per heavy atom. The van der Waals surface area contributed by atoms with Gasteiger partial charge in [0.2, 0.25) is 5.91 Å². The molecule has 3 heterocycles. The van der Waals surface area contributed by atoms with E-state index in [1.165, 1.54) is 18.5 Å². The van der Waals surface area contributed by atoms with E-state index in [0.717, 1.165) is 57.4 Å².